The van der Waals surface area contributed by atoms with E-state index in [-0.39, 0.29) is 6.10 Å². The molecule has 0 amide bonds. The lowest BCUT2D eigenvalue weighted by Crippen LogP contribution is -1.94. The van der Waals surface area contributed by atoms with Gasteiger partial charge in [0.15, 0.2) is 0 Å². The molecule has 1 heterocycles. The third-order valence-electron chi connectivity index (χ3n) is 2.95. The number of aliphatic hydroxyl groups excluding tert-OH is 1. The predicted octanol–water partition coefficient (Wildman–Crippen LogP) is 4.29. The predicted molar refractivity (Wildman–Crippen MR) is 79.5 cm³/mol. The van der Waals surface area contributed by atoms with Crippen molar-refractivity contribution in [3.05, 3.63) is 53.2 Å². The van der Waals surface area contributed by atoms with Gasteiger partial charge in [0.05, 0.1) is 6.10 Å². The van der Waals surface area contributed by atoms with Gasteiger partial charge in [0.25, 0.3) is 0 Å². The van der Waals surface area contributed by atoms with Gasteiger partial charge in [0.1, 0.15) is 5.03 Å². The molecule has 0 fully saturated rings. The molecule has 19 heavy (non-hydrogen) atoms. The van der Waals surface area contributed by atoms with Crippen molar-refractivity contribution in [3.8, 4) is 0 Å². The molecule has 0 aliphatic heterocycles. The van der Waals surface area contributed by atoms with Crippen LogP contribution in [0.1, 0.15) is 36.3 Å². The Kier molecular flexibility index (Phi) is 4.61. The van der Waals surface area contributed by atoms with E-state index in [1.807, 2.05) is 38.1 Å². The first-order chi connectivity index (χ1) is 9.08. The first kappa shape index (κ1) is 14.1. The molecule has 0 unspecified atom stereocenters. The maximum Gasteiger partial charge on any atom is 0.101 e. The first-order valence-corrected chi connectivity index (χ1v) is 7.31. The number of hydrogen-bond donors (Lipinski definition) is 1. The first-order valence-electron chi connectivity index (χ1n) is 6.49. The fourth-order valence-electron chi connectivity index (χ4n) is 1.97. The van der Waals surface area contributed by atoms with Crippen LogP contribution in [0.5, 0.6) is 0 Å². The Bertz CT molecular complexity index is 531. The second kappa shape index (κ2) is 6.22. The number of rotatable bonds is 4. The van der Waals surface area contributed by atoms with Crippen LogP contribution in [0.4, 0.5) is 0 Å². The highest BCUT2D eigenvalue weighted by Crippen LogP contribution is 2.28. The zero-order chi connectivity index (χ0) is 13.8. The molecular weight excluding hydrogens is 254 g/mol. The van der Waals surface area contributed by atoms with Gasteiger partial charge in [-0.25, -0.2) is 4.98 Å². The van der Waals surface area contributed by atoms with Crippen molar-refractivity contribution in [1.82, 2.24) is 4.98 Å². The Labute approximate surface area is 118 Å². The van der Waals surface area contributed by atoms with Gasteiger partial charge in [-0.3, -0.25) is 0 Å². The third kappa shape index (κ3) is 3.82. The molecule has 100 valence electrons. The minimum atomic E-state index is -0.363. The van der Waals surface area contributed by atoms with Gasteiger partial charge in [-0.05, 0) is 55.7 Å². The molecule has 0 spiro atoms. The smallest absolute Gasteiger partial charge is 0.101 e. The molecule has 0 aliphatic carbocycles. The van der Waals surface area contributed by atoms with Crippen molar-refractivity contribution in [2.24, 2.45) is 0 Å². The summed E-state index contributed by atoms with van der Waals surface area (Å²) in [5.74, 6) is 0. The molecule has 0 saturated carbocycles. The highest BCUT2D eigenvalue weighted by atomic mass is 32.2. The van der Waals surface area contributed by atoms with Crippen LogP contribution >= 0.6 is 11.8 Å². The number of aliphatic hydroxyl groups is 1. The molecule has 1 aromatic heterocycles. The Morgan fingerprint density at radius 1 is 1.16 bits per heavy atom. The molecule has 0 aliphatic rings. The van der Waals surface area contributed by atoms with Crippen molar-refractivity contribution in [2.45, 2.75) is 43.2 Å². The van der Waals surface area contributed by atoms with Gasteiger partial charge in [-0.15, -0.1) is 0 Å². The van der Waals surface area contributed by atoms with Gasteiger partial charge in [0.2, 0.25) is 0 Å². The van der Waals surface area contributed by atoms with E-state index in [1.54, 1.807) is 11.8 Å². The van der Waals surface area contributed by atoms with E-state index in [4.69, 9.17) is 0 Å². The van der Waals surface area contributed by atoms with Crippen LogP contribution in [-0.2, 0) is 0 Å². The molecule has 0 radical (unpaired) electrons. The number of pyridine rings is 1. The average molecular weight is 273 g/mol. The molecule has 1 N–H and O–H groups in total. The van der Waals surface area contributed by atoms with Crippen LogP contribution in [-0.4, -0.2) is 10.1 Å². The number of aromatic nitrogens is 1. The van der Waals surface area contributed by atoms with Gasteiger partial charge < -0.3 is 5.11 Å². The van der Waals surface area contributed by atoms with Gasteiger partial charge in [-0.1, -0.05) is 30.8 Å². The normalized spacial score (nSPS) is 12.4. The van der Waals surface area contributed by atoms with E-state index in [2.05, 4.69) is 24.0 Å². The number of benzene rings is 1. The Hall–Kier alpha value is -1.32. The van der Waals surface area contributed by atoms with E-state index in [0.717, 1.165) is 27.6 Å². The van der Waals surface area contributed by atoms with Crippen molar-refractivity contribution in [1.29, 1.82) is 0 Å². The fourth-order valence-corrected chi connectivity index (χ4v) is 2.92. The molecule has 3 heteroatoms. The van der Waals surface area contributed by atoms with Gasteiger partial charge in [0, 0.05) is 10.6 Å². The van der Waals surface area contributed by atoms with Gasteiger partial charge in [-0.2, -0.15) is 0 Å². The standard InChI is InChI=1S/C16H19NOS/c1-4-15(18)13-5-7-14(8-6-13)19-16-10-11(2)9-12(3)17-16/h5-10,15,18H,4H2,1-3H3/t15-/m1/s1. The third-order valence-corrected chi connectivity index (χ3v) is 3.87. The Balaban J connectivity index is 2.15. The molecule has 2 aromatic rings. The summed E-state index contributed by atoms with van der Waals surface area (Å²) in [6.45, 7) is 6.07. The van der Waals surface area contributed by atoms with Crippen molar-refractivity contribution in [3.63, 3.8) is 0 Å². The summed E-state index contributed by atoms with van der Waals surface area (Å²) in [4.78, 5) is 5.66. The van der Waals surface area contributed by atoms with E-state index in [9.17, 15) is 5.11 Å². The molecule has 0 bridgehead atoms. The Morgan fingerprint density at radius 3 is 2.42 bits per heavy atom. The van der Waals surface area contributed by atoms with Crippen LogP contribution in [0.3, 0.4) is 0 Å². The van der Waals surface area contributed by atoms with E-state index in [1.165, 1.54) is 5.56 Å². The minimum absolute atomic E-state index is 0.363. The maximum atomic E-state index is 9.76. The lowest BCUT2D eigenvalue weighted by molar-refractivity contribution is 0.173. The largest absolute Gasteiger partial charge is 0.388 e. The zero-order valence-corrected chi connectivity index (χ0v) is 12.4. The molecule has 1 atom stereocenters. The van der Waals surface area contributed by atoms with Crippen LogP contribution in [0.25, 0.3) is 0 Å². The highest BCUT2D eigenvalue weighted by molar-refractivity contribution is 7.99. The topological polar surface area (TPSA) is 33.1 Å². The summed E-state index contributed by atoms with van der Waals surface area (Å²) >= 11 is 1.65. The fraction of sp³-hybridized carbons (Fsp3) is 0.312. The zero-order valence-electron chi connectivity index (χ0n) is 11.6. The quantitative estimate of drug-likeness (QED) is 0.902. The van der Waals surface area contributed by atoms with Crippen LogP contribution in [0, 0.1) is 13.8 Å². The number of hydrogen-bond acceptors (Lipinski definition) is 3. The summed E-state index contributed by atoms with van der Waals surface area (Å²) in [5.41, 5.74) is 3.24. The van der Waals surface area contributed by atoms with Crippen LogP contribution in [0.15, 0.2) is 46.3 Å². The second-order valence-electron chi connectivity index (χ2n) is 4.72. The monoisotopic (exact) mass is 273 g/mol. The number of nitrogens with zero attached hydrogens (tertiary/aromatic N) is 1. The molecule has 2 rings (SSSR count). The molecular formula is C16H19NOS. The summed E-state index contributed by atoms with van der Waals surface area (Å²) < 4.78 is 0. The van der Waals surface area contributed by atoms with Crippen LogP contribution < -0.4 is 0 Å². The van der Waals surface area contributed by atoms with Crippen molar-refractivity contribution < 1.29 is 5.11 Å². The van der Waals surface area contributed by atoms with E-state index < -0.39 is 0 Å². The molecule has 0 saturated heterocycles. The van der Waals surface area contributed by atoms with Gasteiger partial charge >= 0.3 is 0 Å². The SMILES string of the molecule is CC[C@@H](O)c1ccc(Sc2cc(C)cc(C)n2)cc1. The lowest BCUT2D eigenvalue weighted by Gasteiger charge is -2.09. The lowest BCUT2D eigenvalue weighted by atomic mass is 10.1. The van der Waals surface area contributed by atoms with E-state index >= 15 is 0 Å². The summed E-state index contributed by atoms with van der Waals surface area (Å²) in [5, 5.41) is 10.8. The number of aryl methyl sites for hydroxylation is 2. The van der Waals surface area contributed by atoms with Crippen molar-refractivity contribution >= 4 is 11.8 Å². The Morgan fingerprint density at radius 2 is 1.84 bits per heavy atom. The molecule has 1 aromatic carbocycles. The summed E-state index contributed by atoms with van der Waals surface area (Å²) in [6.07, 6.45) is 0.379. The summed E-state index contributed by atoms with van der Waals surface area (Å²) in [7, 11) is 0. The van der Waals surface area contributed by atoms with E-state index in [0.29, 0.717) is 0 Å². The summed E-state index contributed by atoms with van der Waals surface area (Å²) in [6, 6.07) is 12.2. The van der Waals surface area contributed by atoms with Crippen LogP contribution in [0.2, 0.25) is 0 Å². The highest BCUT2D eigenvalue weighted by Gasteiger charge is 2.05. The second-order valence-corrected chi connectivity index (χ2v) is 5.81. The minimum Gasteiger partial charge on any atom is -0.388 e. The maximum absolute atomic E-state index is 9.76. The average Bonchev–Trinajstić information content (AvgIpc) is 2.37. The van der Waals surface area contributed by atoms with Crippen molar-refractivity contribution in [2.75, 3.05) is 0 Å². The molecule has 2 nitrogen and oxygen atoms in total.